The van der Waals surface area contributed by atoms with Crippen LogP contribution in [0.1, 0.15) is 43.7 Å². The average Bonchev–Trinajstić information content (AvgIpc) is 2.30. The molecule has 1 aliphatic rings. The molecule has 1 heterocycles. The van der Waals surface area contributed by atoms with Crippen LogP contribution in [0.3, 0.4) is 0 Å². The van der Waals surface area contributed by atoms with Crippen molar-refractivity contribution in [3.8, 4) is 5.75 Å². The number of aryl methyl sites for hydroxylation is 1. The van der Waals surface area contributed by atoms with Crippen LogP contribution < -0.4 is 10.1 Å². The van der Waals surface area contributed by atoms with Gasteiger partial charge in [-0.2, -0.15) is 0 Å². The Labute approximate surface area is 104 Å². The van der Waals surface area contributed by atoms with Gasteiger partial charge in [-0.05, 0) is 62.0 Å². The number of ether oxygens (including phenoxy) is 1. The lowest BCUT2D eigenvalue weighted by atomic mass is 9.98. The first-order valence-corrected chi connectivity index (χ1v) is 6.64. The van der Waals surface area contributed by atoms with Gasteiger partial charge in [0.2, 0.25) is 0 Å². The lowest BCUT2D eigenvalue weighted by Crippen LogP contribution is -2.34. The molecule has 1 N–H and O–H groups in total. The Balaban J connectivity index is 2.04. The third-order valence-electron chi connectivity index (χ3n) is 3.45. The van der Waals surface area contributed by atoms with Gasteiger partial charge < -0.3 is 10.1 Å². The summed E-state index contributed by atoms with van der Waals surface area (Å²) in [5.41, 5.74) is 2.76. The van der Waals surface area contributed by atoms with Gasteiger partial charge in [-0.15, -0.1) is 0 Å². The van der Waals surface area contributed by atoms with Gasteiger partial charge in [0, 0.05) is 0 Å². The number of nitrogens with one attached hydrogen (secondary N) is 1. The first kappa shape index (κ1) is 12.4. The van der Waals surface area contributed by atoms with E-state index in [1.807, 2.05) is 0 Å². The molecule has 1 aromatic carbocycles. The summed E-state index contributed by atoms with van der Waals surface area (Å²) in [7, 11) is 0. The Morgan fingerprint density at radius 1 is 1.24 bits per heavy atom. The Kier molecular flexibility index (Phi) is 4.06. The van der Waals surface area contributed by atoms with Gasteiger partial charge in [0.05, 0.1) is 0 Å². The third kappa shape index (κ3) is 3.22. The highest BCUT2D eigenvalue weighted by molar-refractivity contribution is 5.36. The van der Waals surface area contributed by atoms with Crippen molar-refractivity contribution in [2.45, 2.75) is 45.6 Å². The molecule has 1 fully saturated rings. The molecular formula is C15H23NO. The van der Waals surface area contributed by atoms with Crippen molar-refractivity contribution in [3.05, 3.63) is 29.3 Å². The van der Waals surface area contributed by atoms with Gasteiger partial charge in [-0.1, -0.05) is 19.9 Å². The van der Waals surface area contributed by atoms with E-state index in [1.54, 1.807) is 0 Å². The highest BCUT2D eigenvalue weighted by atomic mass is 16.5. The Morgan fingerprint density at radius 3 is 2.53 bits per heavy atom. The SMILES string of the molecule is Cc1cc(OC2CCNCC2)ccc1C(C)C. The third-order valence-corrected chi connectivity index (χ3v) is 3.45. The van der Waals surface area contributed by atoms with Crippen molar-refractivity contribution in [2.24, 2.45) is 0 Å². The minimum atomic E-state index is 0.389. The van der Waals surface area contributed by atoms with Crippen LogP contribution in [-0.2, 0) is 0 Å². The summed E-state index contributed by atoms with van der Waals surface area (Å²) >= 11 is 0. The van der Waals surface area contributed by atoms with Crippen LogP contribution in [-0.4, -0.2) is 19.2 Å². The van der Waals surface area contributed by atoms with E-state index in [4.69, 9.17) is 4.74 Å². The van der Waals surface area contributed by atoms with Crippen molar-refractivity contribution in [2.75, 3.05) is 13.1 Å². The average molecular weight is 233 g/mol. The van der Waals surface area contributed by atoms with Crippen LogP contribution in [0.15, 0.2) is 18.2 Å². The molecule has 2 nitrogen and oxygen atoms in total. The maximum Gasteiger partial charge on any atom is 0.120 e. The summed E-state index contributed by atoms with van der Waals surface area (Å²) in [5.74, 6) is 1.61. The Morgan fingerprint density at radius 2 is 1.94 bits per heavy atom. The van der Waals surface area contributed by atoms with E-state index in [0.29, 0.717) is 12.0 Å². The van der Waals surface area contributed by atoms with Crippen LogP contribution in [0.25, 0.3) is 0 Å². The molecule has 0 atom stereocenters. The molecule has 1 saturated heterocycles. The minimum absolute atomic E-state index is 0.389. The van der Waals surface area contributed by atoms with Crippen LogP contribution >= 0.6 is 0 Å². The van der Waals surface area contributed by atoms with Gasteiger partial charge in [-0.25, -0.2) is 0 Å². The van der Waals surface area contributed by atoms with E-state index < -0.39 is 0 Å². The second-order valence-electron chi connectivity index (χ2n) is 5.24. The first-order chi connectivity index (χ1) is 8.16. The predicted molar refractivity (Wildman–Crippen MR) is 71.8 cm³/mol. The Bertz CT molecular complexity index is 367. The lowest BCUT2D eigenvalue weighted by Gasteiger charge is -2.24. The zero-order chi connectivity index (χ0) is 12.3. The molecule has 17 heavy (non-hydrogen) atoms. The monoisotopic (exact) mass is 233 g/mol. The largest absolute Gasteiger partial charge is 0.490 e. The first-order valence-electron chi connectivity index (χ1n) is 6.64. The van der Waals surface area contributed by atoms with Crippen molar-refractivity contribution < 1.29 is 4.74 Å². The van der Waals surface area contributed by atoms with Crippen LogP contribution in [0.5, 0.6) is 5.75 Å². The molecule has 2 rings (SSSR count). The van der Waals surface area contributed by atoms with Crippen LogP contribution in [0, 0.1) is 6.92 Å². The van der Waals surface area contributed by atoms with Crippen molar-refractivity contribution in [1.82, 2.24) is 5.32 Å². The zero-order valence-electron chi connectivity index (χ0n) is 11.1. The van der Waals surface area contributed by atoms with E-state index in [2.05, 4.69) is 44.3 Å². The van der Waals surface area contributed by atoms with Crippen LogP contribution in [0.2, 0.25) is 0 Å². The van der Waals surface area contributed by atoms with Gasteiger partial charge in [-0.3, -0.25) is 0 Å². The van der Waals surface area contributed by atoms with Crippen molar-refractivity contribution >= 4 is 0 Å². The zero-order valence-corrected chi connectivity index (χ0v) is 11.1. The summed E-state index contributed by atoms with van der Waals surface area (Å²) in [4.78, 5) is 0. The maximum atomic E-state index is 6.03. The molecule has 0 spiro atoms. The van der Waals surface area contributed by atoms with E-state index in [0.717, 1.165) is 31.7 Å². The number of hydrogen-bond donors (Lipinski definition) is 1. The van der Waals surface area contributed by atoms with Gasteiger partial charge in [0.1, 0.15) is 11.9 Å². The fourth-order valence-electron chi connectivity index (χ4n) is 2.48. The molecule has 0 aromatic heterocycles. The second-order valence-corrected chi connectivity index (χ2v) is 5.24. The quantitative estimate of drug-likeness (QED) is 0.865. The summed E-state index contributed by atoms with van der Waals surface area (Å²) in [6, 6.07) is 6.50. The number of benzene rings is 1. The topological polar surface area (TPSA) is 21.3 Å². The van der Waals surface area contributed by atoms with E-state index >= 15 is 0 Å². The second kappa shape index (κ2) is 5.54. The summed E-state index contributed by atoms with van der Waals surface area (Å²) in [6.07, 6.45) is 2.62. The van der Waals surface area contributed by atoms with E-state index in [9.17, 15) is 0 Å². The molecule has 0 saturated carbocycles. The fourth-order valence-corrected chi connectivity index (χ4v) is 2.48. The molecular weight excluding hydrogens is 210 g/mol. The molecule has 0 bridgehead atoms. The molecule has 1 aliphatic heterocycles. The summed E-state index contributed by atoms with van der Waals surface area (Å²) in [6.45, 7) is 8.79. The van der Waals surface area contributed by atoms with E-state index in [1.165, 1.54) is 11.1 Å². The molecule has 0 radical (unpaired) electrons. The van der Waals surface area contributed by atoms with E-state index in [-0.39, 0.29) is 0 Å². The number of rotatable bonds is 3. The Hall–Kier alpha value is -1.02. The molecule has 0 aliphatic carbocycles. The fraction of sp³-hybridized carbons (Fsp3) is 0.600. The van der Waals surface area contributed by atoms with Gasteiger partial charge in [0.25, 0.3) is 0 Å². The predicted octanol–water partition coefficient (Wildman–Crippen LogP) is 3.25. The normalized spacial score (nSPS) is 17.4. The minimum Gasteiger partial charge on any atom is -0.490 e. The summed E-state index contributed by atoms with van der Waals surface area (Å²) < 4.78 is 6.03. The molecule has 94 valence electrons. The molecule has 0 amide bonds. The number of hydrogen-bond acceptors (Lipinski definition) is 2. The van der Waals surface area contributed by atoms with Gasteiger partial charge >= 0.3 is 0 Å². The number of piperidine rings is 1. The molecule has 2 heteroatoms. The van der Waals surface area contributed by atoms with Crippen molar-refractivity contribution in [1.29, 1.82) is 0 Å². The van der Waals surface area contributed by atoms with Gasteiger partial charge in [0.15, 0.2) is 0 Å². The summed E-state index contributed by atoms with van der Waals surface area (Å²) in [5, 5.41) is 3.36. The molecule has 0 unspecified atom stereocenters. The standard InChI is InChI=1S/C15H23NO/c1-11(2)15-5-4-14(10-12(15)3)17-13-6-8-16-9-7-13/h4-5,10-11,13,16H,6-9H2,1-3H3. The van der Waals surface area contributed by atoms with Crippen LogP contribution in [0.4, 0.5) is 0 Å². The molecule has 1 aromatic rings. The smallest absolute Gasteiger partial charge is 0.120 e. The highest BCUT2D eigenvalue weighted by Crippen LogP contribution is 2.25. The highest BCUT2D eigenvalue weighted by Gasteiger charge is 2.14. The lowest BCUT2D eigenvalue weighted by molar-refractivity contribution is 0.162. The van der Waals surface area contributed by atoms with Crippen molar-refractivity contribution in [3.63, 3.8) is 0 Å². The maximum absolute atomic E-state index is 6.03.